The molecule has 9 heteroatoms. The van der Waals surface area contributed by atoms with E-state index in [2.05, 4.69) is 16.0 Å². The molecular formula is C24H29N5O4. The predicted molar refractivity (Wildman–Crippen MR) is 124 cm³/mol. The van der Waals surface area contributed by atoms with Crippen molar-refractivity contribution in [3.63, 3.8) is 0 Å². The van der Waals surface area contributed by atoms with E-state index in [9.17, 15) is 14.4 Å². The molecule has 0 unspecified atom stereocenters. The second kappa shape index (κ2) is 10.8. The number of aryl methyl sites for hydroxylation is 2. The van der Waals surface area contributed by atoms with Crippen LogP contribution in [0.4, 0.5) is 0 Å². The molecule has 0 fully saturated rings. The molecule has 1 N–H and O–H groups in total. The highest BCUT2D eigenvalue weighted by Gasteiger charge is 2.20. The van der Waals surface area contributed by atoms with Crippen LogP contribution in [0.25, 0.3) is 11.2 Å². The molecule has 0 atom stereocenters. The van der Waals surface area contributed by atoms with Gasteiger partial charge in [-0.15, -0.1) is 0 Å². The average Bonchev–Trinajstić information content (AvgIpc) is 3.14. The lowest BCUT2D eigenvalue weighted by Crippen LogP contribution is -2.31. The molecule has 0 aliphatic heterocycles. The Hall–Kier alpha value is -3.67. The minimum atomic E-state index is -0.472. The van der Waals surface area contributed by atoms with E-state index in [-0.39, 0.29) is 25.4 Å². The molecule has 0 radical (unpaired) electrons. The van der Waals surface area contributed by atoms with Crippen molar-refractivity contribution in [1.29, 1.82) is 5.26 Å². The number of unbranched alkanes of at least 4 members (excludes halogenated alkanes) is 1. The number of aromatic amines is 1. The van der Waals surface area contributed by atoms with Crippen LogP contribution < -0.4 is 11.2 Å². The first-order valence-corrected chi connectivity index (χ1v) is 11.2. The van der Waals surface area contributed by atoms with Gasteiger partial charge in [0.1, 0.15) is 12.4 Å². The maximum Gasteiger partial charge on any atom is 0.330 e. The maximum atomic E-state index is 12.6. The van der Waals surface area contributed by atoms with Crippen molar-refractivity contribution >= 4 is 17.1 Å². The summed E-state index contributed by atoms with van der Waals surface area (Å²) in [7, 11) is 0. The Kier molecular flexibility index (Phi) is 7.83. The van der Waals surface area contributed by atoms with E-state index in [0.717, 1.165) is 18.4 Å². The summed E-state index contributed by atoms with van der Waals surface area (Å²) in [6, 6.07) is 8.95. The van der Waals surface area contributed by atoms with E-state index in [1.807, 2.05) is 25.3 Å². The monoisotopic (exact) mass is 451 g/mol. The van der Waals surface area contributed by atoms with Crippen LogP contribution in [0, 0.1) is 17.2 Å². The summed E-state index contributed by atoms with van der Waals surface area (Å²) >= 11 is 0. The summed E-state index contributed by atoms with van der Waals surface area (Å²) in [5, 5.41) is 8.99. The number of benzene rings is 1. The number of carbonyl (C=O) groups is 1. The third-order valence-corrected chi connectivity index (χ3v) is 5.26. The van der Waals surface area contributed by atoms with Gasteiger partial charge in [-0.25, -0.2) is 9.78 Å². The number of imidazole rings is 1. The van der Waals surface area contributed by atoms with Crippen molar-refractivity contribution in [3.8, 4) is 6.07 Å². The largest absolute Gasteiger partial charge is 0.461 e. The molecule has 9 nitrogen and oxygen atoms in total. The van der Waals surface area contributed by atoms with Crippen molar-refractivity contribution in [1.82, 2.24) is 19.1 Å². The molecule has 0 bridgehead atoms. The zero-order valence-corrected chi connectivity index (χ0v) is 19.3. The number of nitriles is 1. The molecule has 2 aromatic heterocycles. The second-order valence-electron chi connectivity index (χ2n) is 8.44. The Balaban J connectivity index is 1.83. The molecule has 33 heavy (non-hydrogen) atoms. The van der Waals surface area contributed by atoms with Gasteiger partial charge in [-0.2, -0.15) is 5.26 Å². The number of carbonyl (C=O) groups excluding carboxylic acids is 1. The number of rotatable bonds is 10. The first-order valence-electron chi connectivity index (χ1n) is 11.2. The zero-order valence-electron chi connectivity index (χ0n) is 19.3. The van der Waals surface area contributed by atoms with Crippen LogP contribution in [-0.4, -0.2) is 25.1 Å². The molecule has 0 saturated carbocycles. The Labute approximate surface area is 191 Å². The molecule has 3 aromatic rings. The van der Waals surface area contributed by atoms with Crippen LogP contribution in [-0.2, 0) is 35.6 Å². The van der Waals surface area contributed by atoms with E-state index < -0.39 is 17.2 Å². The van der Waals surface area contributed by atoms with Crippen LogP contribution in [0.2, 0.25) is 0 Å². The van der Waals surface area contributed by atoms with Crippen LogP contribution >= 0.6 is 0 Å². The third kappa shape index (κ3) is 5.77. The van der Waals surface area contributed by atoms with Gasteiger partial charge in [0.25, 0.3) is 5.56 Å². The molecule has 0 saturated heterocycles. The van der Waals surface area contributed by atoms with Gasteiger partial charge in [-0.1, -0.05) is 39.3 Å². The SMILES string of the molecule is CCCCn1c(=O)[nH]c(=O)c2c1nc(CCC(=O)OCc1cccc(C#N)c1)n2CC(C)C. The minimum Gasteiger partial charge on any atom is -0.461 e. The highest BCUT2D eigenvalue weighted by Crippen LogP contribution is 2.16. The molecule has 0 amide bonds. The lowest BCUT2D eigenvalue weighted by atomic mass is 10.1. The topological polar surface area (TPSA) is 123 Å². The summed E-state index contributed by atoms with van der Waals surface area (Å²) in [6.07, 6.45) is 2.04. The van der Waals surface area contributed by atoms with E-state index in [4.69, 9.17) is 10.00 Å². The van der Waals surface area contributed by atoms with Gasteiger partial charge in [0.15, 0.2) is 11.2 Å². The van der Waals surface area contributed by atoms with Gasteiger partial charge in [0.05, 0.1) is 18.1 Å². The minimum absolute atomic E-state index is 0.0764. The molecule has 174 valence electrons. The fourth-order valence-electron chi connectivity index (χ4n) is 3.67. The Bertz CT molecular complexity index is 1290. The first kappa shape index (κ1) is 24.0. The van der Waals surface area contributed by atoms with E-state index in [1.165, 1.54) is 4.57 Å². The standard InChI is InChI=1S/C24H29N5O4/c1-4-5-11-28-22-21(23(31)27-24(28)32)29(14-16(2)3)19(26-22)9-10-20(30)33-15-18-8-6-7-17(12-18)13-25/h6-8,12,16H,4-5,9-11,14-15H2,1-3H3,(H,27,31,32). The van der Waals surface area contributed by atoms with Crippen LogP contribution in [0.15, 0.2) is 33.9 Å². The second-order valence-corrected chi connectivity index (χ2v) is 8.44. The average molecular weight is 452 g/mol. The number of ether oxygens (including phenoxy) is 1. The highest BCUT2D eigenvalue weighted by atomic mass is 16.5. The predicted octanol–water partition coefficient (Wildman–Crippen LogP) is 2.89. The summed E-state index contributed by atoms with van der Waals surface area (Å²) in [6.45, 7) is 7.16. The zero-order chi connectivity index (χ0) is 24.0. The summed E-state index contributed by atoms with van der Waals surface area (Å²) in [4.78, 5) is 44.4. The fourth-order valence-corrected chi connectivity index (χ4v) is 3.67. The van der Waals surface area contributed by atoms with Crippen molar-refractivity contribution in [3.05, 3.63) is 62.1 Å². The van der Waals surface area contributed by atoms with Gasteiger partial charge in [0.2, 0.25) is 0 Å². The smallest absolute Gasteiger partial charge is 0.330 e. The molecule has 1 aromatic carbocycles. The van der Waals surface area contributed by atoms with Crippen LogP contribution in [0.5, 0.6) is 0 Å². The normalized spacial score (nSPS) is 11.1. The molecule has 0 aliphatic rings. The summed E-state index contributed by atoms with van der Waals surface area (Å²) in [5.41, 5.74) is 1.01. The van der Waals surface area contributed by atoms with Gasteiger partial charge in [0, 0.05) is 19.5 Å². The number of hydrogen-bond donors (Lipinski definition) is 1. The highest BCUT2D eigenvalue weighted by molar-refractivity contribution is 5.72. The summed E-state index contributed by atoms with van der Waals surface area (Å²) in [5.74, 6) is 0.400. The molecule has 0 aliphatic carbocycles. The first-order chi connectivity index (χ1) is 15.8. The quantitative estimate of drug-likeness (QED) is 0.473. The number of nitrogens with zero attached hydrogens (tertiary/aromatic N) is 4. The van der Waals surface area contributed by atoms with Gasteiger partial charge in [-0.3, -0.25) is 19.1 Å². The van der Waals surface area contributed by atoms with Crippen molar-refractivity contribution in [2.75, 3.05) is 0 Å². The maximum absolute atomic E-state index is 12.6. The fraction of sp³-hybridized carbons (Fsp3) is 0.458. The van der Waals surface area contributed by atoms with E-state index in [0.29, 0.717) is 35.6 Å². The van der Waals surface area contributed by atoms with Crippen molar-refractivity contribution in [2.24, 2.45) is 5.92 Å². The van der Waals surface area contributed by atoms with E-state index in [1.54, 1.807) is 24.3 Å². The van der Waals surface area contributed by atoms with Gasteiger partial charge in [-0.05, 0) is 30.0 Å². The Morgan fingerprint density at radius 2 is 2.06 bits per heavy atom. The molecule has 2 heterocycles. The molecule has 0 spiro atoms. The lowest BCUT2D eigenvalue weighted by Gasteiger charge is -2.11. The van der Waals surface area contributed by atoms with Gasteiger partial charge >= 0.3 is 11.7 Å². The third-order valence-electron chi connectivity index (χ3n) is 5.26. The van der Waals surface area contributed by atoms with Crippen LogP contribution in [0.1, 0.15) is 57.0 Å². The molecular weight excluding hydrogens is 422 g/mol. The number of nitrogens with one attached hydrogen (secondary N) is 1. The Morgan fingerprint density at radius 1 is 1.27 bits per heavy atom. The van der Waals surface area contributed by atoms with Crippen molar-refractivity contribution < 1.29 is 9.53 Å². The van der Waals surface area contributed by atoms with Gasteiger partial charge < -0.3 is 9.30 Å². The number of hydrogen-bond acceptors (Lipinski definition) is 6. The van der Waals surface area contributed by atoms with E-state index >= 15 is 0 Å². The number of H-pyrrole nitrogens is 1. The number of fused-ring (bicyclic) bond motifs is 1. The Morgan fingerprint density at radius 3 is 2.76 bits per heavy atom. The summed E-state index contributed by atoms with van der Waals surface area (Å²) < 4.78 is 8.67. The number of aromatic nitrogens is 4. The number of esters is 1. The molecule has 3 rings (SSSR count). The van der Waals surface area contributed by atoms with Crippen LogP contribution in [0.3, 0.4) is 0 Å². The van der Waals surface area contributed by atoms with Crippen molar-refractivity contribution in [2.45, 2.75) is 66.2 Å². The lowest BCUT2D eigenvalue weighted by molar-refractivity contribution is -0.144.